The molecule has 0 unspecified atom stereocenters. The summed E-state index contributed by atoms with van der Waals surface area (Å²) in [6.07, 6.45) is 5.37. The summed E-state index contributed by atoms with van der Waals surface area (Å²) < 4.78 is 0. The van der Waals surface area contributed by atoms with Gasteiger partial charge in [0.1, 0.15) is 0 Å². The van der Waals surface area contributed by atoms with E-state index in [2.05, 4.69) is 24.3 Å². The highest BCUT2D eigenvalue weighted by Crippen LogP contribution is 2.16. The molecule has 1 aliphatic heterocycles. The molecule has 1 fully saturated rings. The largest absolute Gasteiger partial charge is 0.287 e. The summed E-state index contributed by atoms with van der Waals surface area (Å²) in [5, 5.41) is 0.378. The molecule has 0 aromatic heterocycles. The van der Waals surface area contributed by atoms with Gasteiger partial charge in [-0.15, -0.1) is 0 Å². The minimum atomic E-state index is 0.0188. The molecular weight excluding hydrogens is 380 g/mol. The fourth-order valence-corrected chi connectivity index (χ4v) is 3.99. The first kappa shape index (κ1) is 21.2. The van der Waals surface area contributed by atoms with Crippen molar-refractivity contribution in [2.45, 2.75) is 44.9 Å². The topological polar surface area (TPSA) is 40.6 Å². The summed E-state index contributed by atoms with van der Waals surface area (Å²) in [5.41, 5.74) is 2.53. The molecule has 0 atom stereocenters. The molecule has 0 radical (unpaired) electrons. The Kier molecular flexibility index (Phi) is 7.94. The summed E-state index contributed by atoms with van der Waals surface area (Å²) in [5.74, 6) is 0.0490. The fourth-order valence-electron chi connectivity index (χ4n) is 3.61. The van der Waals surface area contributed by atoms with Gasteiger partial charge in [-0.1, -0.05) is 60.7 Å². The number of aryl methyl sites for hydroxylation is 2. The second kappa shape index (κ2) is 10.9. The molecule has 3 rings (SSSR count). The summed E-state index contributed by atoms with van der Waals surface area (Å²) in [7, 11) is 0. The van der Waals surface area contributed by atoms with Crippen molar-refractivity contribution in [3.63, 3.8) is 0 Å². The van der Waals surface area contributed by atoms with Gasteiger partial charge in [-0.3, -0.25) is 19.4 Å². The maximum Gasteiger partial charge on any atom is 0.228 e. The Hall–Kier alpha value is -2.53. The van der Waals surface area contributed by atoms with Crippen molar-refractivity contribution in [3.8, 4) is 0 Å². The Morgan fingerprint density at radius 3 is 1.66 bits per heavy atom. The lowest BCUT2D eigenvalue weighted by Gasteiger charge is -2.19. The van der Waals surface area contributed by atoms with Gasteiger partial charge in [0.05, 0.1) is 0 Å². The molecule has 0 bridgehead atoms. The van der Waals surface area contributed by atoms with Crippen LogP contribution in [0.1, 0.15) is 43.2 Å². The van der Waals surface area contributed by atoms with E-state index in [9.17, 15) is 9.59 Å². The van der Waals surface area contributed by atoms with Crippen molar-refractivity contribution >= 4 is 29.1 Å². The molecule has 0 saturated carbocycles. The molecule has 4 nitrogen and oxygen atoms in total. The number of thiocarbonyl (C=S) groups is 1. The van der Waals surface area contributed by atoms with Crippen LogP contribution in [0.15, 0.2) is 60.7 Å². The molecule has 1 aliphatic rings. The Labute approximate surface area is 178 Å². The third-order valence-electron chi connectivity index (χ3n) is 5.26. The van der Waals surface area contributed by atoms with Crippen LogP contribution in [0, 0.1) is 0 Å². The first-order valence-corrected chi connectivity index (χ1v) is 10.8. The lowest BCUT2D eigenvalue weighted by atomic mass is 10.1. The second-order valence-electron chi connectivity index (χ2n) is 7.41. The second-order valence-corrected chi connectivity index (χ2v) is 7.77. The van der Waals surface area contributed by atoms with Gasteiger partial charge in [0.25, 0.3) is 0 Å². The van der Waals surface area contributed by atoms with Crippen LogP contribution in [0.4, 0.5) is 0 Å². The summed E-state index contributed by atoms with van der Waals surface area (Å²) >= 11 is 5.42. The number of hydrogen-bond acceptors (Lipinski definition) is 3. The number of carbonyl (C=O) groups is 2. The molecule has 2 aromatic rings. The van der Waals surface area contributed by atoms with E-state index in [1.54, 1.807) is 9.80 Å². The minimum absolute atomic E-state index is 0.0188. The van der Waals surface area contributed by atoms with Crippen molar-refractivity contribution in [2.24, 2.45) is 0 Å². The maximum atomic E-state index is 12.5. The normalized spacial score (nSPS) is 13.7. The van der Waals surface area contributed by atoms with Crippen LogP contribution in [0.3, 0.4) is 0 Å². The third-order valence-corrected chi connectivity index (χ3v) is 5.70. The van der Waals surface area contributed by atoms with Gasteiger partial charge in [-0.05, 0) is 55.4 Å². The number of nitrogens with zero attached hydrogens (tertiary/aromatic N) is 2. The highest BCUT2D eigenvalue weighted by Gasteiger charge is 2.32. The highest BCUT2D eigenvalue weighted by atomic mass is 32.1. The van der Waals surface area contributed by atoms with E-state index in [4.69, 9.17) is 12.2 Å². The molecular formula is C24H28N2O2S. The first-order valence-electron chi connectivity index (χ1n) is 10.4. The fraction of sp³-hybridized carbons (Fsp3) is 0.375. The average molecular weight is 409 g/mol. The Balaban J connectivity index is 1.37. The van der Waals surface area contributed by atoms with Crippen molar-refractivity contribution in [1.29, 1.82) is 0 Å². The molecule has 0 spiro atoms. The van der Waals surface area contributed by atoms with E-state index in [-0.39, 0.29) is 11.8 Å². The van der Waals surface area contributed by atoms with Crippen LogP contribution >= 0.6 is 12.2 Å². The molecule has 152 valence electrons. The van der Waals surface area contributed by atoms with Crippen molar-refractivity contribution < 1.29 is 9.59 Å². The zero-order valence-corrected chi connectivity index (χ0v) is 17.6. The van der Waals surface area contributed by atoms with Crippen LogP contribution < -0.4 is 0 Å². The average Bonchev–Trinajstić information content (AvgIpc) is 3.14. The van der Waals surface area contributed by atoms with Gasteiger partial charge in [0, 0.05) is 25.9 Å². The summed E-state index contributed by atoms with van der Waals surface area (Å²) in [6, 6.07) is 20.5. The van der Waals surface area contributed by atoms with Gasteiger partial charge in [0.15, 0.2) is 5.11 Å². The van der Waals surface area contributed by atoms with Crippen LogP contribution in [0.25, 0.3) is 0 Å². The third kappa shape index (κ3) is 6.23. The number of hydrogen-bond donors (Lipinski definition) is 0. The van der Waals surface area contributed by atoms with E-state index in [1.165, 1.54) is 11.1 Å². The number of benzene rings is 2. The molecule has 2 aromatic carbocycles. The quantitative estimate of drug-likeness (QED) is 0.457. The molecule has 5 heteroatoms. The molecule has 29 heavy (non-hydrogen) atoms. The van der Waals surface area contributed by atoms with E-state index >= 15 is 0 Å². The van der Waals surface area contributed by atoms with Gasteiger partial charge >= 0.3 is 0 Å². The Morgan fingerprint density at radius 1 is 0.690 bits per heavy atom. The highest BCUT2D eigenvalue weighted by molar-refractivity contribution is 7.80. The standard InChI is InChI=1S/C24H28N2O2S/c27-22(16-8-7-14-20-10-3-1-4-11-20)25-18-19-26(24(25)29)23(28)17-9-15-21-12-5-2-6-13-21/h1-6,10-13H,7-9,14-19H2. The van der Waals surface area contributed by atoms with E-state index in [1.807, 2.05) is 36.4 Å². The lowest BCUT2D eigenvalue weighted by molar-refractivity contribution is -0.127. The maximum absolute atomic E-state index is 12.5. The van der Waals surface area contributed by atoms with Crippen molar-refractivity contribution in [1.82, 2.24) is 9.80 Å². The van der Waals surface area contributed by atoms with Gasteiger partial charge in [-0.2, -0.15) is 0 Å². The molecule has 0 N–H and O–H groups in total. The van der Waals surface area contributed by atoms with E-state index < -0.39 is 0 Å². The number of unbranched alkanes of at least 4 members (excludes halogenated alkanes) is 1. The minimum Gasteiger partial charge on any atom is -0.287 e. The van der Waals surface area contributed by atoms with Gasteiger partial charge in [0.2, 0.25) is 11.8 Å². The number of amides is 2. The van der Waals surface area contributed by atoms with E-state index in [0.717, 1.165) is 32.1 Å². The van der Waals surface area contributed by atoms with Crippen molar-refractivity contribution in [3.05, 3.63) is 71.8 Å². The SMILES string of the molecule is O=C(CCCCc1ccccc1)N1CCN(C(=O)CCCc2ccccc2)C1=S. The smallest absolute Gasteiger partial charge is 0.228 e. The van der Waals surface area contributed by atoms with E-state index in [0.29, 0.717) is 31.0 Å². The Bertz CT molecular complexity index is 823. The molecule has 2 amide bonds. The van der Waals surface area contributed by atoms with Crippen LogP contribution in [-0.4, -0.2) is 39.8 Å². The van der Waals surface area contributed by atoms with Gasteiger partial charge < -0.3 is 0 Å². The van der Waals surface area contributed by atoms with Crippen LogP contribution in [-0.2, 0) is 22.4 Å². The number of rotatable bonds is 9. The number of carbonyl (C=O) groups excluding carboxylic acids is 2. The summed E-state index contributed by atoms with van der Waals surface area (Å²) in [4.78, 5) is 28.3. The summed E-state index contributed by atoms with van der Waals surface area (Å²) in [6.45, 7) is 1.03. The predicted octanol–water partition coefficient (Wildman–Crippen LogP) is 4.38. The molecule has 1 heterocycles. The van der Waals surface area contributed by atoms with Crippen LogP contribution in [0.2, 0.25) is 0 Å². The molecule has 0 aliphatic carbocycles. The zero-order valence-electron chi connectivity index (χ0n) is 16.8. The predicted molar refractivity (Wildman–Crippen MR) is 119 cm³/mol. The monoisotopic (exact) mass is 408 g/mol. The zero-order chi connectivity index (χ0) is 20.5. The first-order chi connectivity index (χ1) is 14.1. The van der Waals surface area contributed by atoms with Crippen LogP contribution in [0.5, 0.6) is 0 Å². The Morgan fingerprint density at radius 2 is 1.14 bits per heavy atom. The van der Waals surface area contributed by atoms with Crippen molar-refractivity contribution in [2.75, 3.05) is 13.1 Å². The molecule has 1 saturated heterocycles. The lowest BCUT2D eigenvalue weighted by Crippen LogP contribution is -2.38. The van der Waals surface area contributed by atoms with Gasteiger partial charge in [-0.25, -0.2) is 0 Å².